The Bertz CT molecular complexity index is 1060. The molecular formula is C51H101NO24. The van der Waals surface area contributed by atoms with Crippen LogP contribution in [0, 0.1) is 12.3 Å². The van der Waals surface area contributed by atoms with E-state index in [9.17, 15) is 0 Å². The third kappa shape index (κ3) is 72.6. The molecule has 0 saturated heterocycles. The van der Waals surface area contributed by atoms with Gasteiger partial charge in [-0.05, 0) is 0 Å². The molecule has 25 heteroatoms. The van der Waals surface area contributed by atoms with Crippen LogP contribution >= 0.6 is 0 Å². The second-order valence-corrected chi connectivity index (χ2v) is 15.1. The number of rotatable bonds is 72. The molecule has 0 unspecified atom stereocenters. The Morgan fingerprint density at radius 1 is 0.158 bits per heavy atom. The van der Waals surface area contributed by atoms with Gasteiger partial charge in [0.1, 0.15) is 6.61 Å². The summed E-state index contributed by atoms with van der Waals surface area (Å²) in [6.45, 7) is 24.2. The molecule has 0 aromatic carbocycles. The zero-order valence-corrected chi connectivity index (χ0v) is 46.1. The highest BCUT2D eigenvalue weighted by Crippen LogP contribution is 1.91. The topological polar surface area (TPSA) is 248 Å². The molecule has 0 bridgehead atoms. The Hall–Kier alpha value is -1.44. The van der Waals surface area contributed by atoms with Crippen molar-refractivity contribution in [3.8, 4) is 12.3 Å². The van der Waals surface area contributed by atoms with Gasteiger partial charge in [0.25, 0.3) is 0 Å². The van der Waals surface area contributed by atoms with Crippen LogP contribution in [0.15, 0.2) is 0 Å². The molecule has 0 heterocycles. The van der Waals surface area contributed by atoms with Crippen LogP contribution in [0.4, 0.5) is 0 Å². The summed E-state index contributed by atoms with van der Waals surface area (Å²) in [4.78, 5) is 0. The predicted molar refractivity (Wildman–Crippen MR) is 278 cm³/mol. The average molecular weight is 1110 g/mol. The van der Waals surface area contributed by atoms with E-state index in [0.717, 1.165) is 0 Å². The van der Waals surface area contributed by atoms with Gasteiger partial charge >= 0.3 is 0 Å². The van der Waals surface area contributed by atoms with E-state index in [1.807, 2.05) is 0 Å². The summed E-state index contributed by atoms with van der Waals surface area (Å²) in [6, 6.07) is 0. The van der Waals surface area contributed by atoms with Crippen LogP contribution in [0.5, 0.6) is 0 Å². The smallest absolute Gasteiger partial charge is 0.107 e. The highest BCUT2D eigenvalue weighted by atomic mass is 16.6. The van der Waals surface area contributed by atoms with E-state index >= 15 is 0 Å². The molecule has 25 nitrogen and oxygen atoms in total. The first kappa shape index (κ1) is 74.6. The highest BCUT2D eigenvalue weighted by molar-refractivity contribution is 4.82. The van der Waals surface area contributed by atoms with Gasteiger partial charge in [-0.25, -0.2) is 0 Å². The first-order chi connectivity index (χ1) is 37.9. The molecule has 0 aromatic rings. The molecule has 0 rings (SSSR count). The molecular weight excluding hydrogens is 1010 g/mol. The van der Waals surface area contributed by atoms with E-state index < -0.39 is 0 Å². The first-order valence-corrected chi connectivity index (χ1v) is 26.9. The van der Waals surface area contributed by atoms with E-state index in [0.29, 0.717) is 324 Å². The molecule has 0 aromatic heterocycles. The molecule has 0 radical (unpaired) electrons. The zero-order chi connectivity index (χ0) is 54.3. The van der Waals surface area contributed by atoms with E-state index in [1.165, 1.54) is 0 Å². The van der Waals surface area contributed by atoms with Gasteiger partial charge in [0.05, 0.1) is 311 Å². The minimum absolute atomic E-state index is 0.300. The van der Waals surface area contributed by atoms with Crippen LogP contribution in [0.2, 0.25) is 0 Å². The van der Waals surface area contributed by atoms with Crippen molar-refractivity contribution in [2.75, 3.05) is 324 Å². The van der Waals surface area contributed by atoms with Crippen molar-refractivity contribution in [2.24, 2.45) is 5.73 Å². The summed E-state index contributed by atoms with van der Waals surface area (Å²) in [6.07, 6.45) is 5.09. The van der Waals surface area contributed by atoms with Crippen molar-refractivity contribution >= 4 is 0 Å². The second-order valence-electron chi connectivity index (χ2n) is 15.1. The van der Waals surface area contributed by atoms with Crippen molar-refractivity contribution in [1.29, 1.82) is 0 Å². The van der Waals surface area contributed by atoms with Crippen molar-refractivity contribution in [1.82, 2.24) is 0 Å². The fraction of sp³-hybridized carbons (Fsp3) is 0.961. The molecule has 0 aliphatic carbocycles. The molecule has 2 N–H and O–H groups in total. The minimum atomic E-state index is 0.300. The second kappa shape index (κ2) is 73.6. The van der Waals surface area contributed by atoms with E-state index in [2.05, 4.69) is 5.92 Å². The highest BCUT2D eigenvalue weighted by Gasteiger charge is 2.00. The van der Waals surface area contributed by atoms with Gasteiger partial charge in [0.2, 0.25) is 0 Å². The number of ether oxygens (including phenoxy) is 24. The molecule has 0 atom stereocenters. The Kier molecular flexibility index (Phi) is 72.2. The Labute approximate surface area is 454 Å². The summed E-state index contributed by atoms with van der Waals surface area (Å²) in [7, 11) is 0. The molecule has 0 fully saturated rings. The van der Waals surface area contributed by atoms with Gasteiger partial charge in [0.15, 0.2) is 0 Å². The fourth-order valence-corrected chi connectivity index (χ4v) is 5.27. The number of hydrogen-bond donors (Lipinski definition) is 1. The maximum Gasteiger partial charge on any atom is 0.107 e. The van der Waals surface area contributed by atoms with Crippen LogP contribution in [0.25, 0.3) is 0 Å². The third-order valence-corrected chi connectivity index (χ3v) is 9.00. The zero-order valence-electron chi connectivity index (χ0n) is 46.1. The maximum atomic E-state index is 5.52. The van der Waals surface area contributed by atoms with Crippen LogP contribution in [0.1, 0.15) is 0 Å². The third-order valence-electron chi connectivity index (χ3n) is 9.00. The maximum absolute atomic E-state index is 5.52. The summed E-state index contributed by atoms with van der Waals surface area (Å²) in [5, 5.41) is 0. The quantitative estimate of drug-likeness (QED) is 0.0621. The molecule has 0 aliphatic heterocycles. The fourth-order valence-electron chi connectivity index (χ4n) is 5.27. The SMILES string of the molecule is C#CCOCCOCCOCCOCCOCCOCCOCCOCCOCCOCCOCCOCCOCCOCCOCCOCCOCCOCCOCCOCCOCCOCCOCCOCCN. The molecule has 0 saturated carbocycles. The standard InChI is InChI=1S/C51H101NO24/c1-2-4-53-6-8-55-10-12-57-14-16-59-18-20-61-22-24-63-26-28-65-30-32-67-34-36-69-38-40-71-42-44-73-46-48-75-50-51-76-49-47-74-45-43-72-41-39-70-37-35-68-33-31-66-29-27-64-25-23-62-21-19-60-17-15-58-13-11-56-9-7-54-5-3-52/h1H,3-52H2. The van der Waals surface area contributed by atoms with Crippen molar-refractivity contribution in [2.45, 2.75) is 0 Å². The molecule has 0 spiro atoms. The van der Waals surface area contributed by atoms with E-state index in [1.54, 1.807) is 0 Å². The van der Waals surface area contributed by atoms with Gasteiger partial charge in [-0.1, -0.05) is 5.92 Å². The lowest BCUT2D eigenvalue weighted by Gasteiger charge is -2.09. The van der Waals surface area contributed by atoms with Gasteiger partial charge in [-0.3, -0.25) is 0 Å². The lowest BCUT2D eigenvalue weighted by molar-refractivity contribution is -0.0319. The van der Waals surface area contributed by atoms with Crippen molar-refractivity contribution in [3.63, 3.8) is 0 Å². The largest absolute Gasteiger partial charge is 0.378 e. The molecule has 76 heavy (non-hydrogen) atoms. The lowest BCUT2D eigenvalue weighted by atomic mass is 10.6. The van der Waals surface area contributed by atoms with Crippen LogP contribution in [-0.4, -0.2) is 324 Å². The van der Waals surface area contributed by atoms with Gasteiger partial charge in [0, 0.05) is 6.54 Å². The number of hydrogen-bond acceptors (Lipinski definition) is 25. The van der Waals surface area contributed by atoms with Crippen LogP contribution in [0.3, 0.4) is 0 Å². The lowest BCUT2D eigenvalue weighted by Crippen LogP contribution is -2.16. The van der Waals surface area contributed by atoms with Gasteiger partial charge in [-0.15, -0.1) is 6.42 Å². The summed E-state index contributed by atoms with van der Waals surface area (Å²) >= 11 is 0. The summed E-state index contributed by atoms with van der Waals surface area (Å²) in [5.41, 5.74) is 5.34. The van der Waals surface area contributed by atoms with Gasteiger partial charge < -0.3 is 119 Å². The first-order valence-electron chi connectivity index (χ1n) is 26.9. The average Bonchev–Trinajstić information content (AvgIpc) is 3.43. The monoisotopic (exact) mass is 1110 g/mol. The predicted octanol–water partition coefficient (Wildman–Crippen LogP) is -0.0233. The molecule has 454 valence electrons. The Morgan fingerprint density at radius 3 is 0.342 bits per heavy atom. The normalized spacial score (nSPS) is 11.6. The number of terminal acetylenes is 1. The van der Waals surface area contributed by atoms with Crippen molar-refractivity contribution < 1.29 is 114 Å². The van der Waals surface area contributed by atoms with E-state index in [4.69, 9.17) is 126 Å². The minimum Gasteiger partial charge on any atom is -0.378 e. The molecule has 0 amide bonds. The summed E-state index contributed by atoms with van der Waals surface area (Å²) < 4.78 is 131. The molecule has 0 aliphatic rings. The Balaban J connectivity index is 3.08. The van der Waals surface area contributed by atoms with Crippen LogP contribution < -0.4 is 5.73 Å². The Morgan fingerprint density at radius 2 is 0.250 bits per heavy atom. The number of nitrogens with two attached hydrogens (primary N) is 1. The van der Waals surface area contributed by atoms with E-state index in [-0.39, 0.29) is 0 Å². The van der Waals surface area contributed by atoms with Crippen molar-refractivity contribution in [3.05, 3.63) is 0 Å². The van der Waals surface area contributed by atoms with Crippen LogP contribution in [-0.2, 0) is 114 Å². The summed E-state index contributed by atoms with van der Waals surface area (Å²) in [5.74, 6) is 2.40. The van der Waals surface area contributed by atoms with Gasteiger partial charge in [-0.2, -0.15) is 0 Å².